The van der Waals surface area contributed by atoms with Crippen molar-refractivity contribution in [3.05, 3.63) is 95.6 Å². The topological polar surface area (TPSA) is 94.7 Å². The van der Waals surface area contributed by atoms with Crippen molar-refractivity contribution < 1.29 is 9.90 Å². The fourth-order valence-corrected chi connectivity index (χ4v) is 7.32. The average molecular weight is 497 g/mol. The van der Waals surface area contributed by atoms with Gasteiger partial charge in [-0.05, 0) is 77.2 Å². The monoisotopic (exact) mass is 496 g/mol. The highest BCUT2D eigenvalue weighted by Crippen LogP contribution is 2.52. The van der Waals surface area contributed by atoms with Crippen molar-refractivity contribution in [1.82, 2.24) is 19.9 Å². The summed E-state index contributed by atoms with van der Waals surface area (Å²) in [5.41, 5.74) is 12.1. The molecule has 6 nitrogen and oxygen atoms in total. The number of carbonyl (C=O) groups excluding carboxylic acids is 1. The number of aliphatic hydroxyl groups is 1. The molecule has 11 rings (SSSR count). The van der Waals surface area contributed by atoms with E-state index in [-0.39, 0.29) is 35.6 Å². The van der Waals surface area contributed by atoms with Crippen molar-refractivity contribution >= 4 is 50.1 Å². The number of hydrogen-bond donors (Lipinski definition) is 3. The minimum absolute atomic E-state index is 0.0316. The van der Waals surface area contributed by atoms with E-state index in [0.717, 1.165) is 62.4 Å². The van der Waals surface area contributed by atoms with Gasteiger partial charge >= 0.3 is 0 Å². The Morgan fingerprint density at radius 2 is 1.18 bits per heavy atom. The number of Topliss-reactive ketones (excluding diaryl/α,β-unsaturated/α-hetero) is 1. The maximum Gasteiger partial charge on any atom is 0.145 e. The summed E-state index contributed by atoms with van der Waals surface area (Å²) >= 11 is 0. The van der Waals surface area contributed by atoms with Gasteiger partial charge in [-0.15, -0.1) is 0 Å². The van der Waals surface area contributed by atoms with Gasteiger partial charge in [-0.1, -0.05) is 24.3 Å². The Morgan fingerprint density at radius 1 is 0.658 bits per heavy atom. The number of aromatic amines is 2. The lowest BCUT2D eigenvalue weighted by Crippen LogP contribution is -2.31. The normalized spacial score (nSPS) is 28.3. The maximum absolute atomic E-state index is 12.8. The zero-order valence-electron chi connectivity index (χ0n) is 20.5. The molecule has 0 aromatic carbocycles. The molecule has 3 N–H and O–H groups in total. The smallest absolute Gasteiger partial charge is 0.145 e. The van der Waals surface area contributed by atoms with Crippen molar-refractivity contribution in [3.8, 4) is 0 Å². The largest absolute Gasteiger partial charge is 0.392 e. The van der Waals surface area contributed by atoms with Crippen LogP contribution in [0.1, 0.15) is 35.6 Å². The van der Waals surface area contributed by atoms with Gasteiger partial charge in [0.05, 0.1) is 34.8 Å². The summed E-state index contributed by atoms with van der Waals surface area (Å²) in [6.45, 7) is 0. The maximum atomic E-state index is 12.8. The van der Waals surface area contributed by atoms with E-state index in [2.05, 4.69) is 82.8 Å². The van der Waals surface area contributed by atoms with Gasteiger partial charge in [-0.25, -0.2) is 9.97 Å². The number of aromatic nitrogens is 4. The van der Waals surface area contributed by atoms with Crippen molar-refractivity contribution in [3.63, 3.8) is 0 Å². The van der Waals surface area contributed by atoms with Crippen LogP contribution in [0.3, 0.4) is 0 Å². The van der Waals surface area contributed by atoms with Gasteiger partial charge in [0.1, 0.15) is 5.78 Å². The van der Waals surface area contributed by atoms with Gasteiger partial charge in [0.25, 0.3) is 0 Å². The first-order valence-corrected chi connectivity index (χ1v) is 13.3. The van der Waals surface area contributed by atoms with Crippen molar-refractivity contribution in [1.29, 1.82) is 0 Å². The summed E-state index contributed by atoms with van der Waals surface area (Å²) in [7, 11) is 0. The number of H-pyrrole nitrogens is 2. The molecule has 12 bridgehead atoms. The number of fused-ring (bicyclic) bond motifs is 10. The number of nitrogens with zero attached hydrogens (tertiary/aromatic N) is 2. The molecule has 184 valence electrons. The second-order valence-corrected chi connectivity index (χ2v) is 11.2. The van der Waals surface area contributed by atoms with Gasteiger partial charge in [-0.3, -0.25) is 4.79 Å². The minimum atomic E-state index is -0.380. The molecule has 8 aliphatic rings. The number of aliphatic hydroxyl groups excluding tert-OH is 1. The molecular weight excluding hydrogens is 472 g/mol. The fraction of sp³-hybridized carbons (Fsp3) is 0.219. The number of carbonyl (C=O) groups is 1. The van der Waals surface area contributed by atoms with Crippen LogP contribution in [-0.2, 0) is 4.79 Å². The molecule has 0 radical (unpaired) electrons. The summed E-state index contributed by atoms with van der Waals surface area (Å²) in [5.74, 6) is 0.268. The van der Waals surface area contributed by atoms with Crippen LogP contribution >= 0.6 is 0 Å². The van der Waals surface area contributed by atoms with E-state index < -0.39 is 0 Å². The average Bonchev–Trinajstić information content (AvgIpc) is 3.69. The second-order valence-electron chi connectivity index (χ2n) is 11.2. The fourth-order valence-electron chi connectivity index (χ4n) is 7.32. The van der Waals surface area contributed by atoms with E-state index in [4.69, 9.17) is 9.97 Å². The highest BCUT2D eigenvalue weighted by atomic mass is 16.3. The van der Waals surface area contributed by atoms with Gasteiger partial charge in [-0.2, -0.15) is 0 Å². The van der Waals surface area contributed by atoms with Crippen LogP contribution in [-0.4, -0.2) is 36.9 Å². The first-order chi connectivity index (χ1) is 18.6. The van der Waals surface area contributed by atoms with Crippen molar-refractivity contribution in [2.45, 2.75) is 18.9 Å². The third-order valence-corrected chi connectivity index (χ3v) is 8.95. The highest BCUT2D eigenvalue weighted by Gasteiger charge is 2.42. The molecule has 0 amide bonds. The van der Waals surface area contributed by atoms with Gasteiger partial charge in [0, 0.05) is 46.2 Å². The van der Waals surface area contributed by atoms with E-state index in [1.807, 2.05) is 0 Å². The summed E-state index contributed by atoms with van der Waals surface area (Å²) in [4.78, 5) is 30.0. The quantitative estimate of drug-likeness (QED) is 0.359. The molecule has 38 heavy (non-hydrogen) atoms. The predicted molar refractivity (Wildman–Crippen MR) is 147 cm³/mol. The van der Waals surface area contributed by atoms with E-state index >= 15 is 0 Å². The van der Waals surface area contributed by atoms with Crippen LogP contribution in [0.5, 0.6) is 0 Å². The lowest BCUT2D eigenvalue weighted by Gasteiger charge is -2.36. The molecule has 5 heterocycles. The molecule has 0 saturated heterocycles. The molecule has 6 aliphatic carbocycles. The van der Waals surface area contributed by atoms with Gasteiger partial charge < -0.3 is 15.1 Å². The third-order valence-electron chi connectivity index (χ3n) is 8.95. The standard InChI is InChI=1S/C32H24N4O2/c37-27-9-15-1-7-21(27)31-25-13-19-6-4-18(34-19)12-24-30-16-2-8-22(28(38)10-16)32(30)26(36-24)14-20-5-3-17(33-20)11-23(35-25)29(15)31/h1-8,11-16,21-22,27,33-34,37H,9-10H2. The van der Waals surface area contributed by atoms with E-state index in [0.29, 0.717) is 6.42 Å². The Morgan fingerprint density at radius 3 is 1.76 bits per heavy atom. The number of allylic oxidation sites excluding steroid dienone is 6. The Hall–Kier alpha value is -4.29. The minimum Gasteiger partial charge on any atom is -0.392 e. The molecule has 5 atom stereocenters. The summed E-state index contributed by atoms with van der Waals surface area (Å²) in [6.07, 6.45) is 9.51. The van der Waals surface area contributed by atoms with Gasteiger partial charge in [0.2, 0.25) is 0 Å². The summed E-state index contributed by atoms with van der Waals surface area (Å²) in [5, 5.41) is 10.8. The predicted octanol–water partition coefficient (Wildman–Crippen LogP) is 5.48. The molecule has 0 fully saturated rings. The number of ketones is 1. The number of rotatable bonds is 0. The molecule has 0 spiro atoms. The SMILES string of the molecule is O=C1CC2C=CC1C1=C2c2cc3ccc(cc4nc(cc5ccc(cc1n2)[nH]5)C1=C4C2C=CC1CC2O)[nH]3. The molecular formula is C32H24N4O2. The summed E-state index contributed by atoms with van der Waals surface area (Å²) < 4.78 is 0. The van der Waals surface area contributed by atoms with Crippen molar-refractivity contribution in [2.24, 2.45) is 23.7 Å². The highest BCUT2D eigenvalue weighted by molar-refractivity contribution is 6.10. The molecule has 6 heteroatoms. The lowest BCUT2D eigenvalue weighted by atomic mass is 9.69. The zero-order chi connectivity index (χ0) is 25.1. The molecule has 2 aliphatic heterocycles. The zero-order valence-corrected chi connectivity index (χ0v) is 20.5. The van der Waals surface area contributed by atoms with Crippen LogP contribution < -0.4 is 0 Å². The molecule has 5 unspecified atom stereocenters. The van der Waals surface area contributed by atoms with Crippen LogP contribution in [0.15, 0.2) is 72.8 Å². The molecule has 3 aromatic heterocycles. The van der Waals surface area contributed by atoms with Gasteiger partial charge in [0.15, 0.2) is 0 Å². The molecule has 3 aromatic rings. The Balaban J connectivity index is 1.34. The Bertz CT molecular complexity index is 1870. The Kier molecular flexibility index (Phi) is 3.91. The number of hydrogen-bond acceptors (Lipinski definition) is 4. The van der Waals surface area contributed by atoms with E-state index in [1.54, 1.807) is 0 Å². The lowest BCUT2D eigenvalue weighted by molar-refractivity contribution is -0.121. The van der Waals surface area contributed by atoms with E-state index in [1.165, 1.54) is 11.1 Å². The van der Waals surface area contributed by atoms with Crippen LogP contribution in [0.4, 0.5) is 0 Å². The van der Waals surface area contributed by atoms with Crippen molar-refractivity contribution in [2.75, 3.05) is 0 Å². The first kappa shape index (κ1) is 20.7. The third kappa shape index (κ3) is 2.78. The van der Waals surface area contributed by atoms with E-state index in [9.17, 15) is 9.90 Å². The Labute approximate surface area is 218 Å². The molecule has 0 saturated carbocycles. The first-order valence-electron chi connectivity index (χ1n) is 13.3. The summed E-state index contributed by atoms with van der Waals surface area (Å²) in [6, 6.07) is 16.6. The van der Waals surface area contributed by atoms with Crippen LogP contribution in [0, 0.1) is 23.7 Å². The second kappa shape index (κ2) is 7.17. The number of nitrogens with one attached hydrogen (secondary N) is 2. The van der Waals surface area contributed by atoms with Crippen LogP contribution in [0.2, 0.25) is 0 Å². The van der Waals surface area contributed by atoms with Crippen LogP contribution in [0.25, 0.3) is 44.4 Å².